The Morgan fingerprint density at radius 3 is 2.38 bits per heavy atom. The van der Waals surface area contributed by atoms with E-state index in [4.69, 9.17) is 26.6 Å². The lowest BCUT2D eigenvalue weighted by atomic mass is 10.00. The predicted octanol–water partition coefficient (Wildman–Crippen LogP) is 6.40. The molecule has 0 spiro atoms. The van der Waals surface area contributed by atoms with Gasteiger partial charge in [0.25, 0.3) is 0 Å². The van der Waals surface area contributed by atoms with Crippen LogP contribution in [0.3, 0.4) is 0 Å². The molecule has 0 bridgehead atoms. The van der Waals surface area contributed by atoms with Crippen molar-refractivity contribution >= 4 is 23.3 Å². The number of hydrogen-bond donors (Lipinski definition) is 2. The van der Waals surface area contributed by atoms with Crippen LogP contribution in [0.15, 0.2) is 58.0 Å². The van der Waals surface area contributed by atoms with Gasteiger partial charge in [0.15, 0.2) is 0 Å². The van der Waals surface area contributed by atoms with Crippen LogP contribution in [0.5, 0.6) is 5.75 Å². The number of benzene rings is 2. The van der Waals surface area contributed by atoms with Crippen LogP contribution in [0.4, 0.5) is 24.7 Å². The highest BCUT2D eigenvalue weighted by Crippen LogP contribution is 2.42. The lowest BCUT2D eigenvalue weighted by molar-refractivity contribution is -0.137. The number of oxazole rings is 1. The molecule has 0 saturated carbocycles. The summed E-state index contributed by atoms with van der Waals surface area (Å²) in [5.41, 5.74) is 7.32. The molecule has 2 heterocycles. The number of aliphatic hydroxyl groups excluding tert-OH is 1. The van der Waals surface area contributed by atoms with E-state index in [1.165, 1.54) is 23.9 Å². The maximum absolute atomic E-state index is 12.9. The van der Waals surface area contributed by atoms with Crippen LogP contribution >= 0.6 is 11.8 Å². The van der Waals surface area contributed by atoms with Crippen molar-refractivity contribution in [1.29, 1.82) is 5.26 Å². The number of nitrogen functional groups attached to an aromatic ring is 1. The number of ether oxygens (including phenoxy) is 1. The third-order valence-electron chi connectivity index (χ3n) is 5.59. The van der Waals surface area contributed by atoms with Crippen molar-refractivity contribution in [3.63, 3.8) is 0 Å². The highest BCUT2D eigenvalue weighted by atomic mass is 32.2. The Bertz CT molecular complexity index is 1570. The molecule has 0 aliphatic rings. The summed E-state index contributed by atoms with van der Waals surface area (Å²) in [4.78, 5) is 12.2. The minimum Gasteiger partial charge on any atom is -0.491 e. The molecule has 8 nitrogen and oxygen atoms in total. The lowest BCUT2D eigenvalue weighted by Crippen LogP contribution is -2.03. The second-order valence-electron chi connectivity index (χ2n) is 8.11. The summed E-state index contributed by atoms with van der Waals surface area (Å²) in [5, 5.41) is 19.2. The minimum absolute atomic E-state index is 0.0376. The number of aryl methyl sites for hydroxylation is 1. The molecule has 0 aliphatic carbocycles. The number of nitriles is 1. The lowest BCUT2D eigenvalue weighted by Gasteiger charge is -2.13. The standard InChI is InChI=1S/C27H20F3N5O3S/c1-15-21(34-25(38-15)17-3-7-18(8-4-17)27(28,29)30)14-39-26-20(13-31)22(23(33-2)24(32)35-26)16-5-9-19(10-6-16)37-12-11-36/h3-10,36H,11-12,14H2,1H3,(H2,32,35). The Kier molecular flexibility index (Phi) is 8.10. The molecule has 0 fully saturated rings. The molecule has 0 amide bonds. The quantitative estimate of drug-likeness (QED) is 0.191. The number of halogens is 3. The van der Waals surface area contributed by atoms with Crippen molar-refractivity contribution in [2.45, 2.75) is 23.9 Å². The Morgan fingerprint density at radius 1 is 1.13 bits per heavy atom. The molecule has 198 valence electrons. The number of rotatable bonds is 8. The van der Waals surface area contributed by atoms with E-state index >= 15 is 0 Å². The van der Waals surface area contributed by atoms with Crippen LogP contribution in [0.25, 0.3) is 27.4 Å². The molecule has 2 aromatic carbocycles. The second-order valence-corrected chi connectivity index (χ2v) is 9.07. The molecule has 3 N–H and O–H groups in total. The Morgan fingerprint density at radius 2 is 1.79 bits per heavy atom. The van der Waals surface area contributed by atoms with Gasteiger partial charge in [0.2, 0.25) is 11.6 Å². The average Bonchev–Trinajstić information content (AvgIpc) is 3.30. The SMILES string of the molecule is [C-]#[N+]c1c(N)nc(SCc2nc(-c3ccc(C(F)(F)F)cc3)oc2C)c(C#N)c1-c1ccc(OCCO)cc1. The van der Waals surface area contributed by atoms with Gasteiger partial charge in [-0.1, -0.05) is 23.9 Å². The third-order valence-corrected chi connectivity index (χ3v) is 6.58. The van der Waals surface area contributed by atoms with Crippen LogP contribution in [0.1, 0.15) is 22.6 Å². The molecule has 39 heavy (non-hydrogen) atoms. The first-order valence-corrected chi connectivity index (χ1v) is 12.4. The topological polar surface area (TPSA) is 123 Å². The first-order chi connectivity index (χ1) is 18.7. The van der Waals surface area contributed by atoms with Gasteiger partial charge in [-0.2, -0.15) is 18.4 Å². The van der Waals surface area contributed by atoms with Gasteiger partial charge in [0, 0.05) is 16.9 Å². The minimum atomic E-state index is -4.45. The normalized spacial score (nSPS) is 11.2. The molecule has 12 heteroatoms. The van der Waals surface area contributed by atoms with E-state index in [0.717, 1.165) is 12.1 Å². The number of hydrogen-bond acceptors (Lipinski definition) is 8. The highest BCUT2D eigenvalue weighted by molar-refractivity contribution is 7.98. The van der Waals surface area contributed by atoms with Crippen molar-refractivity contribution in [1.82, 2.24) is 9.97 Å². The first-order valence-electron chi connectivity index (χ1n) is 11.4. The fraction of sp³-hybridized carbons (Fsp3) is 0.185. The largest absolute Gasteiger partial charge is 0.491 e. The van der Waals surface area contributed by atoms with E-state index in [9.17, 15) is 18.4 Å². The van der Waals surface area contributed by atoms with E-state index in [1.807, 2.05) is 0 Å². The molecule has 0 unspecified atom stereocenters. The van der Waals surface area contributed by atoms with Gasteiger partial charge in [0.05, 0.1) is 30.0 Å². The van der Waals surface area contributed by atoms with Gasteiger partial charge in [-0.25, -0.2) is 14.8 Å². The first kappa shape index (κ1) is 27.5. The Hall–Kier alpha value is -4.52. The summed E-state index contributed by atoms with van der Waals surface area (Å²) < 4.78 is 49.7. The molecular weight excluding hydrogens is 531 g/mol. The number of nitrogens with zero attached hydrogens (tertiary/aromatic N) is 4. The molecule has 0 radical (unpaired) electrons. The maximum atomic E-state index is 12.9. The van der Waals surface area contributed by atoms with E-state index in [1.54, 1.807) is 31.2 Å². The summed E-state index contributed by atoms with van der Waals surface area (Å²) in [7, 11) is 0. The Labute approximate surface area is 225 Å². The van der Waals surface area contributed by atoms with Gasteiger partial charge in [-0.05, 0) is 48.9 Å². The number of alkyl halides is 3. The van der Waals surface area contributed by atoms with Crippen LogP contribution in [0, 0.1) is 24.8 Å². The molecule has 4 rings (SSSR count). The van der Waals surface area contributed by atoms with E-state index in [-0.39, 0.29) is 47.0 Å². The molecular formula is C27H20F3N5O3S. The van der Waals surface area contributed by atoms with E-state index in [2.05, 4.69) is 20.9 Å². The fourth-order valence-electron chi connectivity index (χ4n) is 3.68. The molecule has 0 atom stereocenters. The van der Waals surface area contributed by atoms with E-state index in [0.29, 0.717) is 33.9 Å². The molecule has 4 aromatic rings. The maximum Gasteiger partial charge on any atom is 0.416 e. The zero-order valence-electron chi connectivity index (χ0n) is 20.4. The number of pyridine rings is 1. The monoisotopic (exact) mass is 551 g/mol. The summed E-state index contributed by atoms with van der Waals surface area (Å²) in [6.07, 6.45) is -4.45. The van der Waals surface area contributed by atoms with Crippen molar-refractivity contribution in [3.8, 4) is 34.4 Å². The van der Waals surface area contributed by atoms with Crippen molar-refractivity contribution in [2.75, 3.05) is 18.9 Å². The Balaban J connectivity index is 1.63. The van der Waals surface area contributed by atoms with Crippen LogP contribution < -0.4 is 10.5 Å². The number of aromatic nitrogens is 2. The van der Waals surface area contributed by atoms with Gasteiger partial charge in [-0.3, -0.25) is 0 Å². The van der Waals surface area contributed by atoms with Gasteiger partial charge >= 0.3 is 6.18 Å². The van der Waals surface area contributed by atoms with Crippen LogP contribution in [-0.2, 0) is 11.9 Å². The highest BCUT2D eigenvalue weighted by Gasteiger charge is 2.30. The van der Waals surface area contributed by atoms with Crippen molar-refractivity contribution in [3.05, 3.63) is 82.5 Å². The van der Waals surface area contributed by atoms with Gasteiger partial charge < -0.3 is 20.0 Å². The molecule has 0 saturated heterocycles. The third kappa shape index (κ3) is 5.98. The summed E-state index contributed by atoms with van der Waals surface area (Å²) in [6.45, 7) is 9.26. The average molecular weight is 552 g/mol. The summed E-state index contributed by atoms with van der Waals surface area (Å²) >= 11 is 1.17. The van der Waals surface area contributed by atoms with Crippen molar-refractivity contribution in [2.24, 2.45) is 0 Å². The number of nitrogens with two attached hydrogens (primary N) is 1. The van der Waals surface area contributed by atoms with Gasteiger partial charge in [-0.15, -0.1) is 0 Å². The predicted molar refractivity (Wildman–Crippen MR) is 139 cm³/mol. The number of thioether (sulfide) groups is 1. The second kappa shape index (κ2) is 11.5. The molecule has 2 aromatic heterocycles. The fourth-order valence-corrected chi connectivity index (χ4v) is 4.68. The van der Waals surface area contributed by atoms with Crippen LogP contribution in [-0.4, -0.2) is 28.3 Å². The van der Waals surface area contributed by atoms with Gasteiger partial charge in [0.1, 0.15) is 35.0 Å². The summed E-state index contributed by atoms with van der Waals surface area (Å²) in [6, 6.07) is 13.3. The zero-order chi connectivity index (χ0) is 28.2. The van der Waals surface area contributed by atoms with Crippen LogP contribution in [0.2, 0.25) is 0 Å². The van der Waals surface area contributed by atoms with Crippen molar-refractivity contribution < 1.29 is 27.4 Å². The van der Waals surface area contributed by atoms with E-state index < -0.39 is 11.7 Å². The molecule has 0 aliphatic heterocycles. The zero-order valence-corrected chi connectivity index (χ0v) is 21.2. The number of aliphatic hydroxyl groups is 1. The number of anilines is 1. The smallest absolute Gasteiger partial charge is 0.416 e. The summed E-state index contributed by atoms with van der Waals surface area (Å²) in [5.74, 6) is 1.32.